The molecule has 4 rings (SSSR count). The third-order valence-electron chi connectivity index (χ3n) is 7.41. The van der Waals surface area contributed by atoms with Crippen molar-refractivity contribution in [3.05, 3.63) is 87.7 Å². The molecule has 0 radical (unpaired) electrons. The van der Waals surface area contributed by atoms with Gasteiger partial charge < -0.3 is 15.1 Å². The number of nitrogens with one attached hydrogen (secondary N) is 1. The number of hydrogen-bond donors (Lipinski definition) is 1. The fourth-order valence-electron chi connectivity index (χ4n) is 4.95. The average molecular weight is 568 g/mol. The van der Waals surface area contributed by atoms with E-state index in [4.69, 9.17) is 0 Å². The molecule has 42 heavy (non-hydrogen) atoms. The van der Waals surface area contributed by atoms with Crippen molar-refractivity contribution in [2.45, 2.75) is 39.3 Å². The molecule has 0 saturated carbocycles. The number of benzene rings is 2. The predicted octanol–water partition coefficient (Wildman–Crippen LogP) is 5.07. The number of aldehydes is 1. The van der Waals surface area contributed by atoms with E-state index in [2.05, 4.69) is 20.3 Å². The Hall–Kier alpha value is -4.91. The summed E-state index contributed by atoms with van der Waals surface area (Å²) in [5.74, 6) is -0.142. The average Bonchev–Trinajstić information content (AvgIpc) is 2.99. The van der Waals surface area contributed by atoms with E-state index >= 15 is 0 Å². The summed E-state index contributed by atoms with van der Waals surface area (Å²) in [5, 5.41) is 12.9. The summed E-state index contributed by atoms with van der Waals surface area (Å²) in [4.78, 5) is 41.7. The molecule has 2 atom stereocenters. The number of nitriles is 1. The lowest BCUT2D eigenvalue weighted by atomic mass is 9.91. The standard InChI is InChI=1S/C32H34FN7O2/c1-7-21-10-23(18-41)27(26(11-21)19(2)38-28-9-8-25(33)12-22(28)14-34)13-29(39(4)5)24-15-36-31(37-16-24)30-17-35-20(3)32(42)40(30)6/h8-13,15-16,18-19,30,38H,7,17H2,1-6H3/b29-13-. The van der Waals surface area contributed by atoms with Crippen molar-refractivity contribution >= 4 is 35.4 Å². The van der Waals surface area contributed by atoms with E-state index < -0.39 is 5.82 Å². The highest BCUT2D eigenvalue weighted by molar-refractivity contribution is 6.38. The monoisotopic (exact) mass is 567 g/mol. The molecule has 216 valence electrons. The summed E-state index contributed by atoms with van der Waals surface area (Å²) < 4.78 is 13.8. The van der Waals surface area contributed by atoms with Gasteiger partial charge in [-0.1, -0.05) is 13.0 Å². The van der Waals surface area contributed by atoms with Crippen LogP contribution in [0.4, 0.5) is 10.1 Å². The third-order valence-corrected chi connectivity index (χ3v) is 7.41. The van der Waals surface area contributed by atoms with Gasteiger partial charge in [-0.05, 0) is 67.3 Å². The van der Waals surface area contributed by atoms with Crippen LogP contribution in [0.15, 0.2) is 47.7 Å². The summed E-state index contributed by atoms with van der Waals surface area (Å²) in [7, 11) is 5.51. The van der Waals surface area contributed by atoms with Crippen LogP contribution >= 0.6 is 0 Å². The Morgan fingerprint density at radius 3 is 2.60 bits per heavy atom. The van der Waals surface area contributed by atoms with Gasteiger partial charge >= 0.3 is 0 Å². The fraction of sp³-hybridized carbons (Fsp3) is 0.312. The number of aryl methyl sites for hydroxylation is 1. The molecule has 0 spiro atoms. The maximum atomic E-state index is 13.8. The smallest absolute Gasteiger partial charge is 0.267 e. The van der Waals surface area contributed by atoms with Crippen molar-refractivity contribution in [2.24, 2.45) is 4.99 Å². The Balaban J connectivity index is 1.77. The maximum absolute atomic E-state index is 13.8. The molecule has 1 aromatic heterocycles. The van der Waals surface area contributed by atoms with Crippen LogP contribution in [-0.4, -0.2) is 65.4 Å². The van der Waals surface area contributed by atoms with Gasteiger partial charge in [0.15, 0.2) is 12.1 Å². The van der Waals surface area contributed by atoms with Crippen LogP contribution in [0.3, 0.4) is 0 Å². The number of nitrogens with zero attached hydrogens (tertiary/aromatic N) is 6. The summed E-state index contributed by atoms with van der Waals surface area (Å²) in [6.07, 6.45) is 6.90. The molecule has 3 aromatic rings. The first-order chi connectivity index (χ1) is 20.1. The molecule has 10 heteroatoms. The third kappa shape index (κ3) is 6.20. The van der Waals surface area contributed by atoms with E-state index in [0.29, 0.717) is 34.9 Å². The molecule has 1 aliphatic rings. The van der Waals surface area contributed by atoms with Gasteiger partial charge in [-0.2, -0.15) is 5.26 Å². The van der Waals surface area contributed by atoms with Crippen molar-refractivity contribution in [3.63, 3.8) is 0 Å². The Morgan fingerprint density at radius 1 is 1.26 bits per heavy atom. The van der Waals surface area contributed by atoms with Crippen molar-refractivity contribution < 1.29 is 14.0 Å². The van der Waals surface area contributed by atoms with Crippen LogP contribution in [0, 0.1) is 17.1 Å². The van der Waals surface area contributed by atoms with Crippen LogP contribution in [-0.2, 0) is 11.2 Å². The van der Waals surface area contributed by atoms with E-state index in [1.54, 1.807) is 31.3 Å². The minimum absolute atomic E-state index is 0.150. The number of aromatic nitrogens is 2. The highest BCUT2D eigenvalue weighted by Crippen LogP contribution is 2.32. The van der Waals surface area contributed by atoms with E-state index in [-0.39, 0.29) is 23.6 Å². The fourth-order valence-corrected chi connectivity index (χ4v) is 4.95. The molecule has 1 N–H and O–H groups in total. The minimum Gasteiger partial charge on any atom is -0.377 e. The summed E-state index contributed by atoms with van der Waals surface area (Å²) in [5.41, 5.74) is 5.70. The van der Waals surface area contributed by atoms with Gasteiger partial charge in [0.1, 0.15) is 17.9 Å². The molecular formula is C32H34FN7O2. The summed E-state index contributed by atoms with van der Waals surface area (Å²) in [6.45, 7) is 6.04. The number of carbonyl (C=O) groups excluding carboxylic acids is 2. The molecule has 2 heterocycles. The lowest BCUT2D eigenvalue weighted by Gasteiger charge is -2.29. The second-order valence-electron chi connectivity index (χ2n) is 10.4. The summed E-state index contributed by atoms with van der Waals surface area (Å²) in [6, 6.07) is 9.30. The Labute approximate surface area is 245 Å². The van der Waals surface area contributed by atoms with Gasteiger partial charge in [-0.15, -0.1) is 0 Å². The zero-order valence-corrected chi connectivity index (χ0v) is 24.6. The van der Waals surface area contributed by atoms with E-state index in [9.17, 15) is 19.2 Å². The Bertz CT molecular complexity index is 1610. The molecular weight excluding hydrogens is 533 g/mol. The first kappa shape index (κ1) is 30.1. The molecule has 9 nitrogen and oxygen atoms in total. The largest absolute Gasteiger partial charge is 0.377 e. The van der Waals surface area contributed by atoms with Gasteiger partial charge in [-0.25, -0.2) is 14.4 Å². The van der Waals surface area contributed by atoms with Crippen LogP contribution in [0.5, 0.6) is 0 Å². The van der Waals surface area contributed by atoms with Crippen LogP contribution in [0.1, 0.15) is 76.9 Å². The molecule has 1 aliphatic heterocycles. The number of carbonyl (C=O) groups is 2. The van der Waals surface area contributed by atoms with Gasteiger partial charge in [0, 0.05) is 56.4 Å². The molecule has 2 unspecified atom stereocenters. The van der Waals surface area contributed by atoms with Crippen LogP contribution < -0.4 is 5.32 Å². The number of halogens is 1. The topological polar surface area (TPSA) is 115 Å². The van der Waals surface area contributed by atoms with E-state index in [1.165, 1.54) is 18.2 Å². The SMILES string of the molecule is CCc1cc(C=O)c(/C=C(/c2cnc(C3CN=C(C)C(=O)N3C)nc2)N(C)C)c(C(C)Nc2ccc(F)cc2C#N)c1. The lowest BCUT2D eigenvalue weighted by molar-refractivity contribution is -0.125. The molecule has 0 aliphatic carbocycles. The predicted molar refractivity (Wildman–Crippen MR) is 161 cm³/mol. The zero-order chi connectivity index (χ0) is 30.6. The second-order valence-corrected chi connectivity index (χ2v) is 10.4. The Kier molecular flexibility index (Phi) is 9.11. The number of anilines is 1. The van der Waals surface area contributed by atoms with Gasteiger partial charge in [-0.3, -0.25) is 14.6 Å². The molecule has 0 fully saturated rings. The van der Waals surface area contributed by atoms with E-state index in [0.717, 1.165) is 35.1 Å². The van der Waals surface area contributed by atoms with Crippen molar-refractivity contribution in [2.75, 3.05) is 33.0 Å². The van der Waals surface area contributed by atoms with Gasteiger partial charge in [0.25, 0.3) is 5.91 Å². The first-order valence-corrected chi connectivity index (χ1v) is 13.7. The number of hydrogen-bond acceptors (Lipinski definition) is 8. The molecule has 0 bridgehead atoms. The van der Waals surface area contributed by atoms with Gasteiger partial charge in [0.05, 0.1) is 23.5 Å². The maximum Gasteiger partial charge on any atom is 0.267 e. The van der Waals surface area contributed by atoms with Crippen LogP contribution in [0.2, 0.25) is 0 Å². The van der Waals surface area contributed by atoms with Crippen molar-refractivity contribution in [3.8, 4) is 6.07 Å². The first-order valence-electron chi connectivity index (χ1n) is 13.7. The number of likely N-dealkylation sites (N-methyl/N-ethyl adjacent to an activating group) is 1. The number of amides is 1. The molecule has 2 aromatic carbocycles. The van der Waals surface area contributed by atoms with Crippen molar-refractivity contribution in [1.82, 2.24) is 19.8 Å². The highest BCUT2D eigenvalue weighted by atomic mass is 19.1. The zero-order valence-electron chi connectivity index (χ0n) is 24.6. The van der Waals surface area contributed by atoms with E-state index in [1.807, 2.05) is 57.1 Å². The Morgan fingerprint density at radius 2 is 1.98 bits per heavy atom. The lowest BCUT2D eigenvalue weighted by Crippen LogP contribution is -2.41. The highest BCUT2D eigenvalue weighted by Gasteiger charge is 2.29. The van der Waals surface area contributed by atoms with Crippen LogP contribution in [0.25, 0.3) is 11.8 Å². The normalized spacial score (nSPS) is 16.0. The summed E-state index contributed by atoms with van der Waals surface area (Å²) >= 11 is 0. The molecule has 1 amide bonds. The minimum atomic E-state index is -0.488. The molecule has 0 saturated heterocycles. The second kappa shape index (κ2) is 12.7. The number of rotatable bonds is 9. The van der Waals surface area contributed by atoms with Gasteiger partial charge in [0.2, 0.25) is 0 Å². The quantitative estimate of drug-likeness (QED) is 0.359. The number of aliphatic imine (C=N–C) groups is 1. The van der Waals surface area contributed by atoms with Crippen molar-refractivity contribution in [1.29, 1.82) is 5.26 Å².